The molecule has 0 aromatic heterocycles. The van der Waals surface area contributed by atoms with Crippen LogP contribution in [0.3, 0.4) is 0 Å². The van der Waals surface area contributed by atoms with Gasteiger partial charge in [-0.3, -0.25) is 9.59 Å². The van der Waals surface area contributed by atoms with Crippen LogP contribution < -0.4 is 5.32 Å². The maximum Gasteiger partial charge on any atom is 0.308 e. The standard InChI is InChI=1S/C13H19NO3/c1-2-3-9-12(15)14-11-8-6-4-5-7-10(11)13(16)17/h1,10-11H,3-9H2,(H,14,15)(H,16,17). The summed E-state index contributed by atoms with van der Waals surface area (Å²) in [6, 6.07) is -0.236. The number of nitrogens with one attached hydrogen (secondary N) is 1. The number of hydrogen-bond donors (Lipinski definition) is 2. The van der Waals surface area contributed by atoms with Crippen LogP contribution in [0.25, 0.3) is 0 Å². The van der Waals surface area contributed by atoms with Crippen LogP contribution in [0, 0.1) is 18.3 Å². The van der Waals surface area contributed by atoms with Crippen LogP contribution in [-0.2, 0) is 9.59 Å². The first-order valence-electron chi connectivity index (χ1n) is 6.10. The number of carboxylic acid groups (broad SMARTS) is 1. The lowest BCUT2D eigenvalue weighted by Crippen LogP contribution is -2.42. The van der Waals surface area contributed by atoms with Gasteiger partial charge in [0.25, 0.3) is 0 Å². The Morgan fingerprint density at radius 2 is 2.00 bits per heavy atom. The van der Waals surface area contributed by atoms with Crippen molar-refractivity contribution in [2.45, 2.75) is 51.0 Å². The molecule has 0 heterocycles. The molecule has 17 heavy (non-hydrogen) atoms. The van der Waals surface area contributed by atoms with Gasteiger partial charge in [0.15, 0.2) is 0 Å². The summed E-state index contributed by atoms with van der Waals surface area (Å²) in [5, 5.41) is 11.9. The van der Waals surface area contributed by atoms with Crippen LogP contribution in [-0.4, -0.2) is 23.0 Å². The van der Waals surface area contributed by atoms with Crippen molar-refractivity contribution in [1.29, 1.82) is 0 Å². The highest BCUT2D eigenvalue weighted by molar-refractivity contribution is 5.78. The van der Waals surface area contributed by atoms with Crippen molar-refractivity contribution < 1.29 is 14.7 Å². The van der Waals surface area contributed by atoms with Gasteiger partial charge in [0.1, 0.15) is 0 Å². The maximum absolute atomic E-state index is 11.6. The van der Waals surface area contributed by atoms with Crippen LogP contribution in [0.15, 0.2) is 0 Å². The SMILES string of the molecule is C#CCCC(=O)NC1CCCCCC1C(=O)O. The molecule has 1 aliphatic rings. The lowest BCUT2D eigenvalue weighted by atomic mass is 9.94. The molecule has 1 saturated carbocycles. The van der Waals surface area contributed by atoms with Gasteiger partial charge in [-0.2, -0.15) is 0 Å². The van der Waals surface area contributed by atoms with Crippen LogP contribution in [0.5, 0.6) is 0 Å². The van der Waals surface area contributed by atoms with Gasteiger partial charge in [-0.05, 0) is 12.8 Å². The Morgan fingerprint density at radius 1 is 1.29 bits per heavy atom. The van der Waals surface area contributed by atoms with Gasteiger partial charge in [-0.25, -0.2) is 0 Å². The van der Waals surface area contributed by atoms with E-state index in [-0.39, 0.29) is 18.4 Å². The molecule has 0 spiro atoms. The fourth-order valence-electron chi connectivity index (χ4n) is 2.24. The van der Waals surface area contributed by atoms with E-state index in [0.717, 1.165) is 25.7 Å². The van der Waals surface area contributed by atoms with E-state index >= 15 is 0 Å². The second kappa shape index (κ2) is 6.95. The zero-order valence-corrected chi connectivity index (χ0v) is 9.95. The van der Waals surface area contributed by atoms with E-state index in [1.165, 1.54) is 0 Å². The molecule has 1 aliphatic carbocycles. The molecule has 0 saturated heterocycles. The number of rotatable bonds is 4. The van der Waals surface area contributed by atoms with Crippen LogP contribution >= 0.6 is 0 Å². The first-order chi connectivity index (χ1) is 8.15. The van der Waals surface area contributed by atoms with Crippen molar-refractivity contribution in [2.75, 3.05) is 0 Å². The van der Waals surface area contributed by atoms with Crippen molar-refractivity contribution >= 4 is 11.9 Å². The Kier molecular flexibility index (Phi) is 5.55. The third-order valence-electron chi connectivity index (χ3n) is 3.18. The van der Waals surface area contributed by atoms with Crippen molar-refractivity contribution in [3.8, 4) is 12.3 Å². The molecule has 94 valence electrons. The fourth-order valence-corrected chi connectivity index (χ4v) is 2.24. The Labute approximate surface area is 102 Å². The molecule has 0 bridgehead atoms. The van der Waals surface area contributed by atoms with Crippen LogP contribution in [0.4, 0.5) is 0 Å². The molecule has 2 N–H and O–H groups in total. The van der Waals surface area contributed by atoms with E-state index in [9.17, 15) is 9.59 Å². The summed E-state index contributed by atoms with van der Waals surface area (Å²) in [6.07, 6.45) is 10.1. The van der Waals surface area contributed by atoms with Gasteiger partial charge in [0, 0.05) is 18.9 Å². The van der Waals surface area contributed by atoms with E-state index in [4.69, 9.17) is 11.5 Å². The minimum Gasteiger partial charge on any atom is -0.481 e. The molecule has 1 fully saturated rings. The topological polar surface area (TPSA) is 66.4 Å². The summed E-state index contributed by atoms with van der Waals surface area (Å²) >= 11 is 0. The number of carbonyl (C=O) groups excluding carboxylic acids is 1. The smallest absolute Gasteiger partial charge is 0.308 e. The number of carbonyl (C=O) groups is 2. The number of carboxylic acids is 1. The number of hydrogen-bond acceptors (Lipinski definition) is 2. The van der Waals surface area contributed by atoms with Crippen LogP contribution in [0.1, 0.15) is 44.9 Å². The van der Waals surface area contributed by atoms with Gasteiger partial charge < -0.3 is 10.4 Å². The highest BCUT2D eigenvalue weighted by atomic mass is 16.4. The lowest BCUT2D eigenvalue weighted by molar-refractivity contribution is -0.143. The summed E-state index contributed by atoms with van der Waals surface area (Å²) in [4.78, 5) is 22.7. The molecule has 0 aliphatic heterocycles. The summed E-state index contributed by atoms with van der Waals surface area (Å²) in [7, 11) is 0. The fraction of sp³-hybridized carbons (Fsp3) is 0.692. The van der Waals surface area contributed by atoms with Crippen molar-refractivity contribution in [3.05, 3.63) is 0 Å². The molecule has 1 rings (SSSR count). The third-order valence-corrected chi connectivity index (χ3v) is 3.18. The summed E-state index contributed by atoms with van der Waals surface area (Å²) < 4.78 is 0. The number of terminal acetylenes is 1. The van der Waals surface area contributed by atoms with Crippen LogP contribution in [0.2, 0.25) is 0 Å². The summed E-state index contributed by atoms with van der Waals surface area (Å²) in [5.41, 5.74) is 0. The average Bonchev–Trinajstić information content (AvgIpc) is 2.51. The molecule has 2 atom stereocenters. The van der Waals surface area contributed by atoms with Gasteiger partial charge in [-0.1, -0.05) is 19.3 Å². The van der Waals surface area contributed by atoms with Gasteiger partial charge >= 0.3 is 5.97 Å². The predicted molar refractivity (Wildman–Crippen MR) is 64.2 cm³/mol. The average molecular weight is 237 g/mol. The number of aliphatic carboxylic acids is 1. The largest absolute Gasteiger partial charge is 0.481 e. The first-order valence-corrected chi connectivity index (χ1v) is 6.10. The minimum atomic E-state index is -0.811. The maximum atomic E-state index is 11.6. The molecule has 4 nitrogen and oxygen atoms in total. The second-order valence-corrected chi connectivity index (χ2v) is 4.46. The van der Waals surface area contributed by atoms with Crippen molar-refractivity contribution in [2.24, 2.45) is 5.92 Å². The van der Waals surface area contributed by atoms with Crippen molar-refractivity contribution in [1.82, 2.24) is 5.32 Å². The predicted octanol–water partition coefficient (Wildman–Crippen LogP) is 1.55. The van der Waals surface area contributed by atoms with E-state index in [0.29, 0.717) is 12.8 Å². The third kappa shape index (κ3) is 4.48. The lowest BCUT2D eigenvalue weighted by Gasteiger charge is -2.22. The van der Waals surface area contributed by atoms with Gasteiger partial charge in [0.05, 0.1) is 5.92 Å². The zero-order valence-electron chi connectivity index (χ0n) is 9.95. The number of amides is 1. The summed E-state index contributed by atoms with van der Waals surface area (Å²) in [6.45, 7) is 0. The summed E-state index contributed by atoms with van der Waals surface area (Å²) in [5.74, 6) is 1.00. The first kappa shape index (κ1) is 13.6. The van der Waals surface area contributed by atoms with E-state index in [1.54, 1.807) is 0 Å². The highest BCUT2D eigenvalue weighted by Gasteiger charge is 2.30. The molecular formula is C13H19NO3. The highest BCUT2D eigenvalue weighted by Crippen LogP contribution is 2.23. The normalized spacial score (nSPS) is 24.4. The van der Waals surface area contributed by atoms with Gasteiger partial charge in [0.2, 0.25) is 5.91 Å². The monoisotopic (exact) mass is 237 g/mol. The molecule has 0 aromatic rings. The molecule has 0 radical (unpaired) electrons. The molecule has 2 unspecified atom stereocenters. The molecule has 0 aromatic carbocycles. The molecule has 4 heteroatoms. The Morgan fingerprint density at radius 3 is 2.65 bits per heavy atom. The van der Waals surface area contributed by atoms with Gasteiger partial charge in [-0.15, -0.1) is 12.3 Å². The quantitative estimate of drug-likeness (QED) is 0.576. The molecular weight excluding hydrogens is 218 g/mol. The molecule has 1 amide bonds. The van der Waals surface area contributed by atoms with E-state index in [1.807, 2.05) is 0 Å². The van der Waals surface area contributed by atoms with E-state index in [2.05, 4.69) is 11.2 Å². The Hall–Kier alpha value is -1.50. The second-order valence-electron chi connectivity index (χ2n) is 4.46. The minimum absolute atomic E-state index is 0.138. The van der Waals surface area contributed by atoms with Crippen molar-refractivity contribution in [3.63, 3.8) is 0 Å². The Balaban J connectivity index is 2.54. The van der Waals surface area contributed by atoms with E-state index < -0.39 is 11.9 Å². The zero-order chi connectivity index (χ0) is 12.7. The Bertz CT molecular complexity index is 319.